The van der Waals surface area contributed by atoms with E-state index in [0.29, 0.717) is 10.6 Å². The average molecular weight is 659 g/mol. The number of nitrogens with one attached hydrogen (secondary N) is 1. The topological polar surface area (TPSA) is 86.8 Å². The molecule has 0 heterocycles. The summed E-state index contributed by atoms with van der Waals surface area (Å²) in [6.07, 6.45) is 0. The molecule has 0 aromatic heterocycles. The fourth-order valence-electron chi connectivity index (χ4n) is 3.94. The van der Waals surface area contributed by atoms with Gasteiger partial charge in [0.05, 0.1) is 20.6 Å². The number of carbonyl (C=O) groups is 2. The number of sulfonamides is 1. The molecular weight excluding hydrogens is 628 g/mol. The minimum absolute atomic E-state index is 0.0263. The van der Waals surface area contributed by atoms with Gasteiger partial charge in [-0.1, -0.05) is 70.2 Å². The highest BCUT2D eigenvalue weighted by atomic mass is 35.5. The summed E-state index contributed by atoms with van der Waals surface area (Å²) in [6.45, 7) is 8.19. The van der Waals surface area contributed by atoms with E-state index in [-0.39, 0.29) is 32.2 Å². The smallest absolute Gasteiger partial charge is 0.264 e. The van der Waals surface area contributed by atoms with Crippen molar-refractivity contribution in [1.82, 2.24) is 10.2 Å². The van der Waals surface area contributed by atoms with Crippen LogP contribution in [-0.2, 0) is 26.2 Å². The van der Waals surface area contributed by atoms with Crippen molar-refractivity contribution in [2.24, 2.45) is 0 Å². The number of aryl methyl sites for hydroxylation is 1. The van der Waals surface area contributed by atoms with Crippen molar-refractivity contribution in [2.75, 3.05) is 10.8 Å². The van der Waals surface area contributed by atoms with Crippen LogP contribution in [-0.4, -0.2) is 43.3 Å². The molecule has 41 heavy (non-hydrogen) atoms. The Morgan fingerprint density at radius 3 is 2.00 bits per heavy atom. The summed E-state index contributed by atoms with van der Waals surface area (Å²) in [5, 5.41) is 3.87. The van der Waals surface area contributed by atoms with E-state index in [2.05, 4.69) is 5.32 Å². The van der Waals surface area contributed by atoms with Crippen molar-refractivity contribution in [3.8, 4) is 0 Å². The number of hydrogen-bond donors (Lipinski definition) is 1. The second kappa shape index (κ2) is 13.2. The van der Waals surface area contributed by atoms with Gasteiger partial charge < -0.3 is 10.2 Å². The highest BCUT2D eigenvalue weighted by Gasteiger charge is 2.33. The molecule has 3 aromatic rings. The molecule has 3 rings (SSSR count). The van der Waals surface area contributed by atoms with Crippen molar-refractivity contribution >= 4 is 73.9 Å². The third-order valence-corrected chi connectivity index (χ3v) is 8.99. The van der Waals surface area contributed by atoms with Crippen molar-refractivity contribution in [3.63, 3.8) is 0 Å². The molecule has 0 aliphatic carbocycles. The Morgan fingerprint density at radius 1 is 0.878 bits per heavy atom. The summed E-state index contributed by atoms with van der Waals surface area (Å²) < 4.78 is 28.8. The standard InChI is InChI=1S/C29H31Cl4N3O4S/c1-18-6-9-24(10-7-18)41(39,40)36(23-14-21(30)13-22(31)15-23)17-27(37)35(19(2)28(38)34-29(3,4)5)16-20-8-11-25(32)26(33)12-20/h6-15,19H,16-17H2,1-5H3,(H,34,38)/t19-/m1/s1. The van der Waals surface area contributed by atoms with Crippen LogP contribution in [0.3, 0.4) is 0 Å². The maximum absolute atomic E-state index is 14.0. The first-order valence-electron chi connectivity index (χ1n) is 12.6. The molecule has 7 nitrogen and oxygen atoms in total. The van der Waals surface area contributed by atoms with Gasteiger partial charge in [0.15, 0.2) is 0 Å². The van der Waals surface area contributed by atoms with E-state index in [9.17, 15) is 18.0 Å². The predicted octanol–water partition coefficient (Wildman–Crippen LogP) is 7.14. The lowest BCUT2D eigenvalue weighted by atomic mass is 10.1. The van der Waals surface area contributed by atoms with Gasteiger partial charge in [-0.15, -0.1) is 0 Å². The molecule has 0 aliphatic heterocycles. The molecule has 3 aromatic carbocycles. The maximum atomic E-state index is 14.0. The number of halogens is 4. The van der Waals surface area contributed by atoms with Crippen LogP contribution in [0.15, 0.2) is 65.6 Å². The lowest BCUT2D eigenvalue weighted by molar-refractivity contribution is -0.140. The van der Waals surface area contributed by atoms with Gasteiger partial charge in [0.2, 0.25) is 11.8 Å². The number of benzene rings is 3. The van der Waals surface area contributed by atoms with Crippen LogP contribution in [0.5, 0.6) is 0 Å². The largest absolute Gasteiger partial charge is 0.350 e. The van der Waals surface area contributed by atoms with Crippen LogP contribution in [0.4, 0.5) is 5.69 Å². The Balaban J connectivity index is 2.09. The van der Waals surface area contributed by atoms with E-state index in [1.54, 1.807) is 37.3 Å². The van der Waals surface area contributed by atoms with Gasteiger partial charge >= 0.3 is 0 Å². The van der Waals surface area contributed by atoms with E-state index >= 15 is 0 Å². The first-order valence-corrected chi connectivity index (χ1v) is 15.5. The summed E-state index contributed by atoms with van der Waals surface area (Å²) in [5.74, 6) is -1.05. The summed E-state index contributed by atoms with van der Waals surface area (Å²) in [5.41, 5.74) is 0.991. The zero-order valence-corrected chi connectivity index (χ0v) is 27.1. The van der Waals surface area contributed by atoms with Crippen LogP contribution in [0, 0.1) is 6.92 Å². The van der Waals surface area contributed by atoms with Crippen LogP contribution in [0.1, 0.15) is 38.8 Å². The van der Waals surface area contributed by atoms with Crippen LogP contribution >= 0.6 is 46.4 Å². The molecular formula is C29H31Cl4N3O4S. The van der Waals surface area contributed by atoms with Gasteiger partial charge in [-0.2, -0.15) is 0 Å². The van der Waals surface area contributed by atoms with Gasteiger partial charge in [-0.3, -0.25) is 13.9 Å². The van der Waals surface area contributed by atoms with Crippen molar-refractivity contribution < 1.29 is 18.0 Å². The molecule has 0 unspecified atom stereocenters. The van der Waals surface area contributed by atoms with Crippen LogP contribution in [0.25, 0.3) is 0 Å². The van der Waals surface area contributed by atoms with E-state index in [0.717, 1.165) is 9.87 Å². The maximum Gasteiger partial charge on any atom is 0.264 e. The molecule has 0 bridgehead atoms. The quantitative estimate of drug-likeness (QED) is 0.265. The molecule has 0 saturated carbocycles. The summed E-state index contributed by atoms with van der Waals surface area (Å²) in [7, 11) is -4.26. The molecule has 1 N–H and O–H groups in total. The highest BCUT2D eigenvalue weighted by Crippen LogP contribution is 2.30. The first kappa shape index (κ1) is 33.0. The number of hydrogen-bond acceptors (Lipinski definition) is 4. The molecule has 2 amide bonds. The SMILES string of the molecule is Cc1ccc(S(=O)(=O)N(CC(=O)N(Cc2ccc(Cl)c(Cl)c2)[C@H](C)C(=O)NC(C)(C)C)c2cc(Cl)cc(Cl)c2)cc1. The number of carbonyl (C=O) groups excluding carboxylic acids is 2. The third-order valence-electron chi connectivity index (χ3n) is 6.03. The van der Waals surface area contributed by atoms with Crippen LogP contribution < -0.4 is 9.62 Å². The van der Waals surface area contributed by atoms with Gasteiger partial charge in [0.1, 0.15) is 12.6 Å². The monoisotopic (exact) mass is 657 g/mol. The van der Waals surface area contributed by atoms with Crippen molar-refractivity contribution in [1.29, 1.82) is 0 Å². The fourth-order valence-corrected chi connectivity index (χ4v) is 6.17. The zero-order valence-electron chi connectivity index (χ0n) is 23.2. The molecule has 220 valence electrons. The highest BCUT2D eigenvalue weighted by molar-refractivity contribution is 7.92. The Kier molecular flexibility index (Phi) is 10.6. The third kappa shape index (κ3) is 8.75. The summed E-state index contributed by atoms with van der Waals surface area (Å²) >= 11 is 24.7. The number of anilines is 1. The van der Waals surface area contributed by atoms with Gasteiger partial charge in [-0.25, -0.2) is 8.42 Å². The zero-order chi connectivity index (χ0) is 30.7. The Morgan fingerprint density at radius 2 is 1.46 bits per heavy atom. The van der Waals surface area contributed by atoms with Crippen molar-refractivity contribution in [3.05, 3.63) is 91.9 Å². The van der Waals surface area contributed by atoms with Gasteiger partial charge in [0, 0.05) is 22.1 Å². The summed E-state index contributed by atoms with van der Waals surface area (Å²) in [6, 6.07) is 14.4. The van der Waals surface area contributed by atoms with E-state index < -0.39 is 40.0 Å². The Hall–Kier alpha value is -2.49. The number of rotatable bonds is 9. The van der Waals surface area contributed by atoms with Crippen molar-refractivity contribution in [2.45, 2.75) is 57.6 Å². The predicted molar refractivity (Wildman–Crippen MR) is 167 cm³/mol. The molecule has 1 atom stereocenters. The Labute approximate surface area is 261 Å². The van der Waals surface area contributed by atoms with E-state index in [4.69, 9.17) is 46.4 Å². The second-order valence-corrected chi connectivity index (χ2v) is 14.2. The van der Waals surface area contributed by atoms with E-state index in [1.165, 1.54) is 35.2 Å². The summed E-state index contributed by atoms with van der Waals surface area (Å²) in [4.78, 5) is 28.5. The molecule has 0 fully saturated rings. The van der Waals surface area contributed by atoms with Crippen LogP contribution in [0.2, 0.25) is 20.1 Å². The van der Waals surface area contributed by atoms with Gasteiger partial charge in [0.25, 0.3) is 10.0 Å². The van der Waals surface area contributed by atoms with Gasteiger partial charge in [-0.05, 0) is 82.6 Å². The molecule has 0 radical (unpaired) electrons. The first-order chi connectivity index (χ1) is 19.0. The minimum atomic E-state index is -4.26. The molecule has 0 saturated heterocycles. The van der Waals surface area contributed by atoms with E-state index in [1.807, 2.05) is 27.7 Å². The average Bonchev–Trinajstić information content (AvgIpc) is 2.85. The lowest BCUT2D eigenvalue weighted by Gasteiger charge is -2.33. The normalized spacial score (nSPS) is 12.5. The number of amides is 2. The second-order valence-electron chi connectivity index (χ2n) is 10.6. The molecule has 0 spiro atoms. The Bertz CT molecular complexity index is 1520. The fraction of sp³-hybridized carbons (Fsp3) is 0.310. The lowest BCUT2D eigenvalue weighted by Crippen LogP contribution is -2.54. The minimum Gasteiger partial charge on any atom is -0.350 e. The number of nitrogens with zero attached hydrogens (tertiary/aromatic N) is 2. The molecule has 0 aliphatic rings. The molecule has 12 heteroatoms.